The predicted octanol–water partition coefficient (Wildman–Crippen LogP) is -1.13. The van der Waals surface area contributed by atoms with E-state index in [0.717, 1.165) is 0 Å². The lowest BCUT2D eigenvalue weighted by Crippen LogP contribution is -2.60. The molecule has 100 valence electrons. The summed E-state index contributed by atoms with van der Waals surface area (Å²) in [7, 11) is 0. The van der Waals surface area contributed by atoms with E-state index < -0.39 is 37.3 Å². The molecule has 1 aliphatic heterocycles. The van der Waals surface area contributed by atoms with Crippen LogP contribution in [0.3, 0.4) is 0 Å². The van der Waals surface area contributed by atoms with Crippen LogP contribution in [0.4, 0.5) is 0 Å². The maximum atomic E-state index is 9.84. The van der Waals surface area contributed by atoms with Gasteiger partial charge in [0.05, 0.1) is 6.61 Å². The zero-order chi connectivity index (χ0) is 13.1. The van der Waals surface area contributed by atoms with Crippen molar-refractivity contribution in [3.8, 4) is 5.75 Å². The highest BCUT2D eigenvalue weighted by Crippen LogP contribution is 2.24. The average molecular weight is 256 g/mol. The molecule has 0 amide bonds. The van der Waals surface area contributed by atoms with Crippen LogP contribution in [0, 0.1) is 0 Å². The van der Waals surface area contributed by atoms with Crippen molar-refractivity contribution in [3.05, 3.63) is 30.3 Å². The van der Waals surface area contributed by atoms with Crippen molar-refractivity contribution in [1.29, 1.82) is 0 Å². The summed E-state index contributed by atoms with van der Waals surface area (Å²) in [5.41, 5.74) is 0. The third-order valence-electron chi connectivity index (χ3n) is 2.86. The molecular weight excluding hydrogens is 240 g/mol. The molecule has 0 aliphatic carbocycles. The molecular formula is C12H16O6. The Hall–Kier alpha value is -1.18. The average Bonchev–Trinajstić information content (AvgIpc) is 2.40. The molecule has 1 aliphatic rings. The van der Waals surface area contributed by atoms with Gasteiger partial charge in [0.25, 0.3) is 0 Å². The molecule has 0 aromatic heterocycles. The molecule has 2 rings (SSSR count). The predicted molar refractivity (Wildman–Crippen MR) is 60.8 cm³/mol. The lowest BCUT2D eigenvalue weighted by Gasteiger charge is -2.39. The number of hydrogen-bond acceptors (Lipinski definition) is 6. The fourth-order valence-corrected chi connectivity index (χ4v) is 1.86. The summed E-state index contributed by atoms with van der Waals surface area (Å²) in [5.74, 6) is 0.443. The van der Waals surface area contributed by atoms with Crippen LogP contribution in [0.5, 0.6) is 5.75 Å². The molecule has 6 nitrogen and oxygen atoms in total. The second-order valence-corrected chi connectivity index (χ2v) is 4.12. The van der Waals surface area contributed by atoms with Crippen molar-refractivity contribution in [1.82, 2.24) is 0 Å². The number of hydrogen-bond donors (Lipinski definition) is 4. The van der Waals surface area contributed by atoms with E-state index in [1.165, 1.54) is 0 Å². The van der Waals surface area contributed by atoms with Gasteiger partial charge in [-0.3, -0.25) is 0 Å². The van der Waals surface area contributed by atoms with Crippen LogP contribution < -0.4 is 4.74 Å². The fraction of sp³-hybridized carbons (Fsp3) is 0.500. The smallest absolute Gasteiger partial charge is 0.195 e. The zero-order valence-corrected chi connectivity index (χ0v) is 9.59. The minimum atomic E-state index is -1.42. The van der Waals surface area contributed by atoms with Crippen LogP contribution in [0.1, 0.15) is 0 Å². The van der Waals surface area contributed by atoms with Crippen molar-refractivity contribution >= 4 is 0 Å². The monoisotopic (exact) mass is 256 g/mol. The lowest BCUT2D eigenvalue weighted by molar-refractivity contribution is -0.280. The molecule has 6 heteroatoms. The van der Waals surface area contributed by atoms with Crippen molar-refractivity contribution in [2.75, 3.05) is 6.61 Å². The Labute approximate surface area is 104 Å². The highest BCUT2D eigenvalue weighted by atomic mass is 16.7. The molecule has 0 radical (unpaired) electrons. The molecule has 0 saturated carbocycles. The second-order valence-electron chi connectivity index (χ2n) is 4.12. The minimum Gasteiger partial charge on any atom is -0.482 e. The number of para-hydroxylation sites is 1. The number of rotatable bonds is 3. The van der Waals surface area contributed by atoms with E-state index in [4.69, 9.17) is 14.6 Å². The molecule has 18 heavy (non-hydrogen) atoms. The summed E-state index contributed by atoms with van der Waals surface area (Å²) < 4.78 is 10.3. The summed E-state index contributed by atoms with van der Waals surface area (Å²) in [6.45, 7) is -0.493. The first-order chi connectivity index (χ1) is 8.63. The summed E-state index contributed by atoms with van der Waals surface area (Å²) in [6.07, 6.45) is -6.20. The van der Waals surface area contributed by atoms with Crippen LogP contribution in [0.2, 0.25) is 0 Å². The van der Waals surface area contributed by atoms with Gasteiger partial charge in [-0.2, -0.15) is 0 Å². The number of benzene rings is 1. The van der Waals surface area contributed by atoms with Crippen LogP contribution in [-0.4, -0.2) is 57.7 Å². The Balaban J connectivity index is 2.08. The standard InChI is InChI=1S/C12H16O6/c13-6-8-9(14)10(15)11(12(16)18-8)17-7-4-2-1-3-5-7/h1-5,8-16H,6H2/t8-,9-,10+,11+,12+/m1/s1. The van der Waals surface area contributed by atoms with Crippen molar-refractivity contribution < 1.29 is 29.9 Å². The van der Waals surface area contributed by atoms with Crippen LogP contribution in [0.15, 0.2) is 30.3 Å². The van der Waals surface area contributed by atoms with Crippen molar-refractivity contribution in [2.45, 2.75) is 30.7 Å². The van der Waals surface area contributed by atoms with Gasteiger partial charge in [0, 0.05) is 0 Å². The Morgan fingerprint density at radius 1 is 1.06 bits per heavy atom. The molecule has 0 unspecified atom stereocenters. The molecule has 5 atom stereocenters. The highest BCUT2D eigenvalue weighted by molar-refractivity contribution is 5.21. The van der Waals surface area contributed by atoms with Gasteiger partial charge in [0.15, 0.2) is 12.4 Å². The zero-order valence-electron chi connectivity index (χ0n) is 9.59. The summed E-state index contributed by atoms with van der Waals surface area (Å²) >= 11 is 0. The molecule has 1 heterocycles. The van der Waals surface area contributed by atoms with Gasteiger partial charge in [-0.1, -0.05) is 18.2 Å². The Kier molecular flexibility index (Phi) is 4.15. The summed E-state index contributed by atoms with van der Waals surface area (Å²) in [6, 6.07) is 8.59. The number of aliphatic hydroxyl groups is 4. The van der Waals surface area contributed by atoms with Crippen LogP contribution in [-0.2, 0) is 4.74 Å². The molecule has 1 aromatic carbocycles. The molecule has 1 aromatic rings. The van der Waals surface area contributed by atoms with Gasteiger partial charge in [0.2, 0.25) is 0 Å². The van der Waals surface area contributed by atoms with E-state index in [0.29, 0.717) is 5.75 Å². The van der Waals surface area contributed by atoms with Crippen molar-refractivity contribution in [3.63, 3.8) is 0 Å². The van der Waals surface area contributed by atoms with Crippen LogP contribution >= 0.6 is 0 Å². The minimum absolute atomic E-state index is 0.443. The largest absolute Gasteiger partial charge is 0.482 e. The highest BCUT2D eigenvalue weighted by Gasteiger charge is 2.45. The Bertz CT molecular complexity index is 370. The van der Waals surface area contributed by atoms with E-state index in [2.05, 4.69) is 0 Å². The van der Waals surface area contributed by atoms with Gasteiger partial charge < -0.3 is 29.9 Å². The van der Waals surface area contributed by atoms with E-state index >= 15 is 0 Å². The van der Waals surface area contributed by atoms with Gasteiger partial charge in [0.1, 0.15) is 24.1 Å². The Morgan fingerprint density at radius 3 is 2.33 bits per heavy atom. The van der Waals surface area contributed by atoms with E-state index in [1.54, 1.807) is 30.3 Å². The first kappa shape index (κ1) is 13.3. The summed E-state index contributed by atoms with van der Waals surface area (Å²) in [4.78, 5) is 0. The number of aliphatic hydroxyl groups excluding tert-OH is 4. The van der Waals surface area contributed by atoms with E-state index in [-0.39, 0.29) is 0 Å². The molecule has 4 N–H and O–H groups in total. The summed E-state index contributed by atoms with van der Waals surface area (Å²) in [5, 5.41) is 38.1. The van der Waals surface area contributed by atoms with Crippen LogP contribution in [0.25, 0.3) is 0 Å². The molecule has 1 fully saturated rings. The van der Waals surface area contributed by atoms with Crippen molar-refractivity contribution in [2.24, 2.45) is 0 Å². The van der Waals surface area contributed by atoms with Gasteiger partial charge in [-0.05, 0) is 12.1 Å². The van der Waals surface area contributed by atoms with Gasteiger partial charge >= 0.3 is 0 Å². The topological polar surface area (TPSA) is 99.4 Å². The van der Waals surface area contributed by atoms with E-state index in [1.807, 2.05) is 0 Å². The quantitative estimate of drug-likeness (QED) is 0.546. The maximum Gasteiger partial charge on any atom is 0.195 e. The Morgan fingerprint density at radius 2 is 1.72 bits per heavy atom. The second kappa shape index (κ2) is 5.64. The maximum absolute atomic E-state index is 9.84. The molecule has 1 saturated heterocycles. The normalized spacial score (nSPS) is 36.3. The molecule has 0 bridgehead atoms. The third-order valence-corrected chi connectivity index (χ3v) is 2.86. The number of ether oxygens (including phenoxy) is 2. The van der Waals surface area contributed by atoms with Gasteiger partial charge in [-0.25, -0.2) is 0 Å². The first-order valence-electron chi connectivity index (χ1n) is 5.65. The SMILES string of the molecule is OC[C@H]1O[C@H](O)[C@@H](Oc2ccccc2)[C@@H](O)[C@@H]1O. The lowest BCUT2D eigenvalue weighted by atomic mass is 9.99. The van der Waals surface area contributed by atoms with E-state index in [9.17, 15) is 15.3 Å². The van der Waals surface area contributed by atoms with Gasteiger partial charge in [-0.15, -0.1) is 0 Å². The first-order valence-corrected chi connectivity index (χ1v) is 5.65. The fourth-order valence-electron chi connectivity index (χ4n) is 1.86. The molecule has 0 spiro atoms. The third kappa shape index (κ3) is 2.63.